The maximum Gasteiger partial charge on any atom is 0.161 e. The van der Waals surface area contributed by atoms with Crippen molar-refractivity contribution < 1.29 is 9.47 Å². The number of likely N-dealkylation sites (tertiary alicyclic amines) is 1. The molecular weight excluding hydrogens is 240 g/mol. The van der Waals surface area contributed by atoms with Crippen LogP contribution in [0.25, 0.3) is 0 Å². The van der Waals surface area contributed by atoms with Crippen molar-refractivity contribution in [3.63, 3.8) is 0 Å². The lowest BCUT2D eigenvalue weighted by Gasteiger charge is -2.25. The predicted octanol–water partition coefficient (Wildman–Crippen LogP) is 2.45. The Kier molecular flexibility index (Phi) is 5.05. The van der Waals surface area contributed by atoms with Crippen molar-refractivity contribution in [2.75, 3.05) is 26.8 Å². The van der Waals surface area contributed by atoms with Crippen molar-refractivity contribution in [1.29, 1.82) is 5.26 Å². The van der Waals surface area contributed by atoms with Crippen molar-refractivity contribution in [3.8, 4) is 17.6 Å². The largest absolute Gasteiger partial charge is 0.493 e. The molecule has 0 amide bonds. The molecule has 0 spiro atoms. The number of para-hydroxylation sites is 2. The second-order valence-corrected chi connectivity index (χ2v) is 4.72. The smallest absolute Gasteiger partial charge is 0.161 e. The van der Waals surface area contributed by atoms with E-state index in [9.17, 15) is 0 Å². The molecule has 1 aliphatic rings. The molecular formula is C15H20N2O2. The number of methoxy groups -OCH3 is 1. The number of hydrogen-bond donors (Lipinski definition) is 0. The summed E-state index contributed by atoms with van der Waals surface area (Å²) in [6.45, 7) is 2.68. The van der Waals surface area contributed by atoms with E-state index in [2.05, 4.69) is 11.0 Å². The predicted molar refractivity (Wildman–Crippen MR) is 73.3 cm³/mol. The number of benzene rings is 1. The van der Waals surface area contributed by atoms with E-state index in [1.165, 1.54) is 12.8 Å². The highest BCUT2D eigenvalue weighted by Crippen LogP contribution is 2.26. The Hall–Kier alpha value is -1.73. The van der Waals surface area contributed by atoms with Crippen LogP contribution < -0.4 is 9.47 Å². The lowest BCUT2D eigenvalue weighted by Crippen LogP contribution is -2.37. The summed E-state index contributed by atoms with van der Waals surface area (Å²) in [4.78, 5) is 2.35. The average Bonchev–Trinajstić information content (AvgIpc) is 2.97. The Morgan fingerprint density at radius 3 is 2.58 bits per heavy atom. The SMILES string of the molecule is COc1ccccc1OCC(CC#N)N1CCCC1. The van der Waals surface area contributed by atoms with Gasteiger partial charge >= 0.3 is 0 Å². The van der Waals surface area contributed by atoms with Crippen LogP contribution in [0.2, 0.25) is 0 Å². The molecule has 0 saturated carbocycles. The van der Waals surface area contributed by atoms with Crippen LogP contribution in [0.3, 0.4) is 0 Å². The van der Waals surface area contributed by atoms with Gasteiger partial charge in [-0.3, -0.25) is 4.90 Å². The van der Waals surface area contributed by atoms with Gasteiger partial charge in [0.15, 0.2) is 11.5 Å². The van der Waals surface area contributed by atoms with Crippen LogP contribution in [0.15, 0.2) is 24.3 Å². The summed E-state index contributed by atoms with van der Waals surface area (Å²) in [7, 11) is 1.63. The lowest BCUT2D eigenvalue weighted by molar-refractivity contribution is 0.159. The van der Waals surface area contributed by atoms with E-state index in [4.69, 9.17) is 14.7 Å². The van der Waals surface area contributed by atoms with Gasteiger partial charge in [-0.1, -0.05) is 12.1 Å². The second-order valence-electron chi connectivity index (χ2n) is 4.72. The second kappa shape index (κ2) is 7.01. The molecule has 0 aliphatic carbocycles. The molecule has 0 bridgehead atoms. The third-order valence-corrected chi connectivity index (χ3v) is 3.48. The highest BCUT2D eigenvalue weighted by Gasteiger charge is 2.22. The molecule has 102 valence electrons. The molecule has 4 heteroatoms. The van der Waals surface area contributed by atoms with Gasteiger partial charge in [0, 0.05) is 0 Å². The van der Waals surface area contributed by atoms with Gasteiger partial charge in [0.1, 0.15) is 6.61 Å². The van der Waals surface area contributed by atoms with Crippen LogP contribution in [-0.4, -0.2) is 37.7 Å². The van der Waals surface area contributed by atoms with Gasteiger partial charge in [0.05, 0.1) is 25.6 Å². The van der Waals surface area contributed by atoms with Gasteiger partial charge in [-0.25, -0.2) is 0 Å². The van der Waals surface area contributed by atoms with E-state index in [-0.39, 0.29) is 6.04 Å². The first-order chi connectivity index (χ1) is 9.35. The van der Waals surface area contributed by atoms with Crippen LogP contribution >= 0.6 is 0 Å². The quantitative estimate of drug-likeness (QED) is 0.788. The fourth-order valence-electron chi connectivity index (χ4n) is 2.43. The number of ether oxygens (including phenoxy) is 2. The minimum Gasteiger partial charge on any atom is -0.493 e. The molecule has 0 radical (unpaired) electrons. The number of hydrogen-bond acceptors (Lipinski definition) is 4. The van der Waals surface area contributed by atoms with E-state index < -0.39 is 0 Å². The third kappa shape index (κ3) is 3.62. The minimum absolute atomic E-state index is 0.178. The van der Waals surface area contributed by atoms with Crippen LogP contribution in [0.4, 0.5) is 0 Å². The van der Waals surface area contributed by atoms with Gasteiger partial charge < -0.3 is 9.47 Å². The highest BCUT2D eigenvalue weighted by atomic mass is 16.5. The van der Waals surface area contributed by atoms with Crippen molar-refractivity contribution in [2.45, 2.75) is 25.3 Å². The summed E-state index contributed by atoms with van der Waals surface area (Å²) >= 11 is 0. The summed E-state index contributed by atoms with van der Waals surface area (Å²) in [6.07, 6.45) is 2.95. The summed E-state index contributed by atoms with van der Waals surface area (Å²) < 4.78 is 11.1. The summed E-state index contributed by atoms with van der Waals surface area (Å²) in [6, 6.07) is 10.0. The Morgan fingerprint density at radius 2 is 1.95 bits per heavy atom. The van der Waals surface area contributed by atoms with Crippen molar-refractivity contribution >= 4 is 0 Å². The molecule has 4 nitrogen and oxygen atoms in total. The zero-order chi connectivity index (χ0) is 13.5. The van der Waals surface area contributed by atoms with Gasteiger partial charge in [0.25, 0.3) is 0 Å². The number of rotatable bonds is 6. The molecule has 0 aromatic heterocycles. The van der Waals surface area contributed by atoms with E-state index in [1.54, 1.807) is 7.11 Å². The molecule has 1 saturated heterocycles. The maximum absolute atomic E-state index is 8.94. The van der Waals surface area contributed by atoms with Crippen LogP contribution in [0, 0.1) is 11.3 Å². The normalized spacial score (nSPS) is 16.8. The fraction of sp³-hybridized carbons (Fsp3) is 0.533. The van der Waals surface area contributed by atoms with E-state index in [0.717, 1.165) is 24.6 Å². The Bertz CT molecular complexity index is 436. The van der Waals surface area contributed by atoms with E-state index >= 15 is 0 Å². The van der Waals surface area contributed by atoms with Crippen LogP contribution in [0.5, 0.6) is 11.5 Å². The summed E-state index contributed by atoms with van der Waals surface area (Å²) in [5.41, 5.74) is 0. The number of nitriles is 1. The maximum atomic E-state index is 8.94. The molecule has 0 N–H and O–H groups in total. The lowest BCUT2D eigenvalue weighted by atomic mass is 10.2. The van der Waals surface area contributed by atoms with Gasteiger partial charge in [-0.05, 0) is 38.1 Å². The molecule has 1 fully saturated rings. The van der Waals surface area contributed by atoms with E-state index in [0.29, 0.717) is 13.0 Å². The topological polar surface area (TPSA) is 45.5 Å². The molecule has 1 aromatic rings. The van der Waals surface area contributed by atoms with Crippen LogP contribution in [0.1, 0.15) is 19.3 Å². The molecule has 1 aromatic carbocycles. The summed E-state index contributed by atoms with van der Waals surface area (Å²) in [5.74, 6) is 1.48. The molecule has 1 unspecified atom stereocenters. The van der Waals surface area contributed by atoms with Crippen molar-refractivity contribution in [3.05, 3.63) is 24.3 Å². The molecule has 2 rings (SSSR count). The van der Waals surface area contributed by atoms with Gasteiger partial charge in [-0.2, -0.15) is 5.26 Å². The summed E-state index contributed by atoms with van der Waals surface area (Å²) in [5, 5.41) is 8.94. The number of nitrogens with zero attached hydrogens (tertiary/aromatic N) is 2. The monoisotopic (exact) mass is 260 g/mol. The third-order valence-electron chi connectivity index (χ3n) is 3.48. The Balaban J connectivity index is 1.96. The average molecular weight is 260 g/mol. The molecule has 1 atom stereocenters. The zero-order valence-corrected chi connectivity index (χ0v) is 11.3. The zero-order valence-electron chi connectivity index (χ0n) is 11.3. The first-order valence-electron chi connectivity index (χ1n) is 6.72. The minimum atomic E-state index is 0.178. The Morgan fingerprint density at radius 1 is 1.26 bits per heavy atom. The van der Waals surface area contributed by atoms with Crippen molar-refractivity contribution in [1.82, 2.24) is 4.90 Å². The van der Waals surface area contributed by atoms with Crippen molar-refractivity contribution in [2.24, 2.45) is 0 Å². The van der Waals surface area contributed by atoms with E-state index in [1.807, 2.05) is 24.3 Å². The molecule has 1 aliphatic heterocycles. The first kappa shape index (κ1) is 13.7. The fourth-order valence-corrected chi connectivity index (χ4v) is 2.43. The first-order valence-corrected chi connectivity index (χ1v) is 6.72. The van der Waals surface area contributed by atoms with Crippen LogP contribution in [-0.2, 0) is 0 Å². The molecule has 19 heavy (non-hydrogen) atoms. The standard InChI is InChI=1S/C15H20N2O2/c1-18-14-6-2-3-7-15(14)19-12-13(8-9-16)17-10-4-5-11-17/h2-3,6-7,13H,4-5,8,10-12H2,1H3. The highest BCUT2D eigenvalue weighted by molar-refractivity contribution is 5.39. The van der Waals surface area contributed by atoms with Gasteiger partial charge in [0.2, 0.25) is 0 Å². The van der Waals surface area contributed by atoms with Gasteiger partial charge in [-0.15, -0.1) is 0 Å². The Labute approximate surface area is 114 Å². The molecule has 1 heterocycles.